The Morgan fingerprint density at radius 1 is 1.07 bits per heavy atom. The van der Waals surface area contributed by atoms with Crippen molar-refractivity contribution in [2.24, 2.45) is 0 Å². The number of nitrogens with zero attached hydrogens (tertiary/aromatic N) is 1. The van der Waals surface area contributed by atoms with Gasteiger partial charge in [-0.15, -0.1) is 0 Å². The van der Waals surface area contributed by atoms with Crippen LogP contribution in [-0.4, -0.2) is 13.1 Å². The third kappa shape index (κ3) is 2.44. The minimum Gasteiger partial charge on any atom is -0.397 e. The number of hydrogen-bond acceptors (Lipinski definition) is 2. The topological polar surface area (TPSA) is 29.3 Å². The van der Waals surface area contributed by atoms with E-state index in [-0.39, 0.29) is 0 Å². The van der Waals surface area contributed by atoms with Crippen molar-refractivity contribution in [2.45, 2.75) is 32.6 Å². The van der Waals surface area contributed by atoms with Crippen molar-refractivity contribution >= 4 is 11.4 Å². The lowest BCUT2D eigenvalue weighted by atomic mass is 10.1. The maximum atomic E-state index is 6.03. The first-order valence-corrected chi connectivity index (χ1v) is 5.88. The van der Waals surface area contributed by atoms with Crippen LogP contribution in [0, 0.1) is 6.92 Å². The van der Waals surface area contributed by atoms with Gasteiger partial charge in [-0.2, -0.15) is 0 Å². The van der Waals surface area contributed by atoms with E-state index in [0.29, 0.717) is 0 Å². The summed E-state index contributed by atoms with van der Waals surface area (Å²) in [7, 11) is 0. The Morgan fingerprint density at radius 2 is 1.73 bits per heavy atom. The van der Waals surface area contributed by atoms with E-state index in [1.165, 1.54) is 36.9 Å². The third-order valence-corrected chi connectivity index (χ3v) is 3.13. The van der Waals surface area contributed by atoms with Gasteiger partial charge in [0.1, 0.15) is 0 Å². The van der Waals surface area contributed by atoms with Gasteiger partial charge in [0.15, 0.2) is 0 Å². The summed E-state index contributed by atoms with van der Waals surface area (Å²) in [6, 6.07) is 6.31. The molecule has 0 spiro atoms. The molecule has 0 amide bonds. The van der Waals surface area contributed by atoms with E-state index >= 15 is 0 Å². The Morgan fingerprint density at radius 3 is 2.40 bits per heavy atom. The highest BCUT2D eigenvalue weighted by Gasteiger charge is 2.12. The van der Waals surface area contributed by atoms with E-state index in [4.69, 9.17) is 5.73 Å². The van der Waals surface area contributed by atoms with Crippen molar-refractivity contribution < 1.29 is 0 Å². The molecule has 0 aromatic heterocycles. The van der Waals surface area contributed by atoms with Crippen LogP contribution in [0.4, 0.5) is 11.4 Å². The summed E-state index contributed by atoms with van der Waals surface area (Å²) < 4.78 is 0. The average Bonchev–Trinajstić information content (AvgIpc) is 2.50. The maximum Gasteiger partial charge on any atom is 0.0602 e. The number of hydrogen-bond donors (Lipinski definition) is 1. The zero-order valence-corrected chi connectivity index (χ0v) is 9.50. The molecular weight excluding hydrogens is 184 g/mol. The molecule has 0 aliphatic carbocycles. The summed E-state index contributed by atoms with van der Waals surface area (Å²) in [5, 5.41) is 0. The zero-order chi connectivity index (χ0) is 10.7. The van der Waals surface area contributed by atoms with Crippen molar-refractivity contribution in [3.05, 3.63) is 23.8 Å². The summed E-state index contributed by atoms with van der Waals surface area (Å²) in [4.78, 5) is 2.44. The molecule has 1 aromatic rings. The van der Waals surface area contributed by atoms with Crippen LogP contribution >= 0.6 is 0 Å². The molecule has 0 radical (unpaired) electrons. The molecular formula is C13H20N2. The molecule has 1 aliphatic rings. The van der Waals surface area contributed by atoms with E-state index in [1.54, 1.807) is 0 Å². The quantitative estimate of drug-likeness (QED) is 0.713. The van der Waals surface area contributed by atoms with E-state index < -0.39 is 0 Å². The van der Waals surface area contributed by atoms with Gasteiger partial charge in [0.2, 0.25) is 0 Å². The second-order valence-corrected chi connectivity index (χ2v) is 4.46. The van der Waals surface area contributed by atoms with Gasteiger partial charge in [0.25, 0.3) is 0 Å². The fourth-order valence-corrected chi connectivity index (χ4v) is 2.24. The van der Waals surface area contributed by atoms with Crippen LogP contribution in [0.1, 0.15) is 31.2 Å². The Labute approximate surface area is 92.1 Å². The molecule has 1 saturated heterocycles. The van der Waals surface area contributed by atoms with E-state index in [1.807, 2.05) is 6.07 Å². The van der Waals surface area contributed by atoms with Crippen LogP contribution in [0.3, 0.4) is 0 Å². The van der Waals surface area contributed by atoms with Crippen molar-refractivity contribution in [1.29, 1.82) is 0 Å². The Hall–Kier alpha value is -1.18. The highest BCUT2D eigenvalue weighted by atomic mass is 15.1. The van der Waals surface area contributed by atoms with Crippen molar-refractivity contribution in [3.63, 3.8) is 0 Å². The van der Waals surface area contributed by atoms with Gasteiger partial charge in [-0.05, 0) is 37.5 Å². The van der Waals surface area contributed by atoms with Gasteiger partial charge in [0, 0.05) is 13.1 Å². The van der Waals surface area contributed by atoms with Gasteiger partial charge < -0.3 is 10.6 Å². The molecule has 0 unspecified atom stereocenters. The Bertz CT molecular complexity index is 325. The normalized spacial score (nSPS) is 17.5. The van der Waals surface area contributed by atoms with Crippen LogP contribution in [0.25, 0.3) is 0 Å². The highest BCUT2D eigenvalue weighted by molar-refractivity contribution is 5.68. The van der Waals surface area contributed by atoms with Gasteiger partial charge in [-0.25, -0.2) is 0 Å². The minimum atomic E-state index is 0.919. The van der Waals surface area contributed by atoms with Crippen LogP contribution < -0.4 is 10.6 Å². The molecule has 82 valence electrons. The molecule has 1 heterocycles. The van der Waals surface area contributed by atoms with Crippen LogP contribution in [-0.2, 0) is 0 Å². The lowest BCUT2D eigenvalue weighted by Gasteiger charge is -2.24. The lowest BCUT2D eigenvalue weighted by molar-refractivity contribution is 0.726. The standard InChI is InChI=1S/C13H20N2/c1-11-6-7-12(14)13(10-11)15-8-4-2-3-5-9-15/h6-7,10H,2-5,8-9,14H2,1H3. The number of rotatable bonds is 1. The number of anilines is 2. The van der Waals surface area contributed by atoms with Gasteiger partial charge in [-0.3, -0.25) is 0 Å². The first-order chi connectivity index (χ1) is 7.27. The predicted octanol–water partition coefficient (Wildman–Crippen LogP) is 2.96. The van der Waals surface area contributed by atoms with Crippen molar-refractivity contribution in [1.82, 2.24) is 0 Å². The summed E-state index contributed by atoms with van der Waals surface area (Å²) >= 11 is 0. The fraction of sp³-hybridized carbons (Fsp3) is 0.538. The van der Waals surface area contributed by atoms with Crippen LogP contribution in [0.2, 0.25) is 0 Å². The number of nitrogens with two attached hydrogens (primary N) is 1. The first-order valence-electron chi connectivity index (χ1n) is 5.88. The molecule has 0 saturated carbocycles. The largest absolute Gasteiger partial charge is 0.397 e. The predicted molar refractivity (Wildman–Crippen MR) is 66.3 cm³/mol. The van der Waals surface area contributed by atoms with Crippen molar-refractivity contribution in [3.8, 4) is 0 Å². The molecule has 2 rings (SSSR count). The van der Waals surface area contributed by atoms with Crippen molar-refractivity contribution in [2.75, 3.05) is 23.7 Å². The van der Waals surface area contributed by atoms with Gasteiger partial charge >= 0.3 is 0 Å². The highest BCUT2D eigenvalue weighted by Crippen LogP contribution is 2.26. The smallest absolute Gasteiger partial charge is 0.0602 e. The molecule has 2 nitrogen and oxygen atoms in total. The molecule has 0 atom stereocenters. The van der Waals surface area contributed by atoms with E-state index in [2.05, 4.69) is 24.0 Å². The maximum absolute atomic E-state index is 6.03. The van der Waals surface area contributed by atoms with E-state index in [9.17, 15) is 0 Å². The van der Waals surface area contributed by atoms with Crippen LogP contribution in [0.5, 0.6) is 0 Å². The van der Waals surface area contributed by atoms with Crippen LogP contribution in [0.15, 0.2) is 18.2 Å². The SMILES string of the molecule is Cc1ccc(N)c(N2CCCCCC2)c1. The Balaban J connectivity index is 2.22. The molecule has 15 heavy (non-hydrogen) atoms. The second-order valence-electron chi connectivity index (χ2n) is 4.46. The summed E-state index contributed by atoms with van der Waals surface area (Å²) in [6.07, 6.45) is 5.32. The summed E-state index contributed by atoms with van der Waals surface area (Å²) in [6.45, 7) is 4.45. The second kappa shape index (κ2) is 4.56. The summed E-state index contributed by atoms with van der Waals surface area (Å²) in [5.41, 5.74) is 9.48. The first kappa shape index (κ1) is 10.3. The molecule has 2 heteroatoms. The molecule has 0 bridgehead atoms. The number of aryl methyl sites for hydroxylation is 1. The number of benzene rings is 1. The Kier molecular flexibility index (Phi) is 3.14. The van der Waals surface area contributed by atoms with E-state index in [0.717, 1.165) is 18.8 Å². The lowest BCUT2D eigenvalue weighted by Crippen LogP contribution is -2.24. The minimum absolute atomic E-state index is 0.919. The molecule has 1 aliphatic heterocycles. The molecule has 1 aromatic carbocycles. The summed E-state index contributed by atoms with van der Waals surface area (Å²) in [5.74, 6) is 0. The fourth-order valence-electron chi connectivity index (χ4n) is 2.24. The van der Waals surface area contributed by atoms with Gasteiger partial charge in [-0.1, -0.05) is 18.9 Å². The monoisotopic (exact) mass is 204 g/mol. The molecule has 2 N–H and O–H groups in total. The average molecular weight is 204 g/mol. The van der Waals surface area contributed by atoms with Gasteiger partial charge in [0.05, 0.1) is 11.4 Å². The number of nitrogen functional groups attached to an aromatic ring is 1. The zero-order valence-electron chi connectivity index (χ0n) is 9.50. The molecule has 1 fully saturated rings. The third-order valence-electron chi connectivity index (χ3n) is 3.13.